The van der Waals surface area contributed by atoms with Crippen LogP contribution in [0.2, 0.25) is 0 Å². The van der Waals surface area contributed by atoms with Gasteiger partial charge >= 0.3 is 12.1 Å². The highest BCUT2D eigenvalue weighted by Crippen LogP contribution is 2.26. The molecule has 0 saturated carbocycles. The average molecular weight is 506 g/mol. The number of rotatable bonds is 12. The van der Waals surface area contributed by atoms with Crippen molar-refractivity contribution in [1.82, 2.24) is 15.5 Å². The van der Waals surface area contributed by atoms with Gasteiger partial charge in [-0.05, 0) is 52.7 Å². The van der Waals surface area contributed by atoms with Crippen molar-refractivity contribution in [1.29, 1.82) is 0 Å². The molecule has 36 heavy (non-hydrogen) atoms. The summed E-state index contributed by atoms with van der Waals surface area (Å²) in [5.41, 5.74) is 1.48. The van der Waals surface area contributed by atoms with E-state index in [4.69, 9.17) is 9.47 Å². The van der Waals surface area contributed by atoms with E-state index in [1.165, 1.54) is 11.0 Å². The van der Waals surface area contributed by atoms with Crippen LogP contribution >= 0.6 is 0 Å². The zero-order valence-corrected chi connectivity index (χ0v) is 22.1. The first-order valence-electron chi connectivity index (χ1n) is 11.9. The largest absolute Gasteiger partial charge is 0.466 e. The van der Waals surface area contributed by atoms with Gasteiger partial charge in [0.2, 0.25) is 11.8 Å². The number of carbonyl (C=O) groups excluding carboxylic acids is 4. The minimum absolute atomic E-state index is 0.00871. The maximum absolute atomic E-state index is 13.5. The minimum atomic E-state index is -1.36. The molecule has 0 aliphatic carbocycles. The lowest BCUT2D eigenvalue weighted by Crippen LogP contribution is -2.54. The van der Waals surface area contributed by atoms with Gasteiger partial charge in [-0.3, -0.25) is 14.4 Å². The normalized spacial score (nSPS) is 12.6. The van der Waals surface area contributed by atoms with Crippen LogP contribution in [0.5, 0.6) is 0 Å². The van der Waals surface area contributed by atoms with Crippen molar-refractivity contribution in [3.63, 3.8) is 0 Å². The SMILES string of the molecule is C=CCN(C(=O)C(CO)NC(=O)OC(C)(C)C)C(C(=O)NCCC(=O)OCC)c1ccc(C)cc1C. The summed E-state index contributed by atoms with van der Waals surface area (Å²) in [6, 6.07) is 2.97. The monoisotopic (exact) mass is 505 g/mol. The lowest BCUT2D eigenvalue weighted by Gasteiger charge is -2.34. The second-order valence-electron chi connectivity index (χ2n) is 9.27. The predicted octanol–water partition coefficient (Wildman–Crippen LogP) is 2.31. The number of nitrogens with one attached hydrogen (secondary N) is 2. The Morgan fingerprint density at radius 2 is 1.86 bits per heavy atom. The number of amides is 3. The van der Waals surface area contributed by atoms with Gasteiger partial charge in [0, 0.05) is 13.1 Å². The second kappa shape index (κ2) is 14.2. The molecule has 3 amide bonds. The summed E-state index contributed by atoms with van der Waals surface area (Å²) in [5, 5.41) is 15.0. The Labute approximate surface area is 213 Å². The predicted molar refractivity (Wildman–Crippen MR) is 135 cm³/mol. The average Bonchev–Trinajstić information content (AvgIpc) is 2.77. The lowest BCUT2D eigenvalue weighted by molar-refractivity contribution is -0.144. The van der Waals surface area contributed by atoms with E-state index in [0.29, 0.717) is 5.56 Å². The molecular weight excluding hydrogens is 466 g/mol. The number of carbonyl (C=O) groups is 4. The molecule has 2 unspecified atom stereocenters. The van der Waals surface area contributed by atoms with E-state index in [9.17, 15) is 24.3 Å². The zero-order valence-electron chi connectivity index (χ0n) is 22.1. The number of alkyl carbamates (subject to hydrolysis) is 1. The maximum Gasteiger partial charge on any atom is 0.408 e. The summed E-state index contributed by atoms with van der Waals surface area (Å²) in [7, 11) is 0. The molecule has 200 valence electrons. The molecule has 3 N–H and O–H groups in total. The lowest BCUT2D eigenvalue weighted by atomic mass is 9.96. The second-order valence-corrected chi connectivity index (χ2v) is 9.27. The third-order valence-corrected chi connectivity index (χ3v) is 4.99. The molecule has 0 radical (unpaired) electrons. The Hall–Kier alpha value is -3.40. The van der Waals surface area contributed by atoms with Gasteiger partial charge in [-0.25, -0.2) is 4.79 Å². The van der Waals surface area contributed by atoms with Crippen LogP contribution in [0.25, 0.3) is 0 Å². The Balaban J connectivity index is 3.32. The highest BCUT2D eigenvalue weighted by molar-refractivity contribution is 5.92. The van der Waals surface area contributed by atoms with Gasteiger partial charge in [-0.2, -0.15) is 0 Å². The van der Waals surface area contributed by atoms with Crippen LogP contribution in [0.1, 0.15) is 56.8 Å². The van der Waals surface area contributed by atoms with Gasteiger partial charge in [0.15, 0.2) is 0 Å². The summed E-state index contributed by atoms with van der Waals surface area (Å²) in [6.07, 6.45) is 0.534. The van der Waals surface area contributed by atoms with Crippen molar-refractivity contribution in [2.75, 3.05) is 26.3 Å². The highest BCUT2D eigenvalue weighted by atomic mass is 16.6. The van der Waals surface area contributed by atoms with Crippen molar-refractivity contribution >= 4 is 23.9 Å². The molecule has 0 spiro atoms. The maximum atomic E-state index is 13.5. The van der Waals surface area contributed by atoms with E-state index >= 15 is 0 Å². The molecule has 0 aliphatic rings. The number of esters is 1. The fourth-order valence-electron chi connectivity index (χ4n) is 3.50. The molecule has 2 atom stereocenters. The quantitative estimate of drug-likeness (QED) is 0.293. The van der Waals surface area contributed by atoms with Gasteiger partial charge in [0.1, 0.15) is 17.7 Å². The fraction of sp³-hybridized carbons (Fsp3) is 0.538. The highest BCUT2D eigenvalue weighted by Gasteiger charge is 2.36. The molecule has 10 nitrogen and oxygen atoms in total. The number of hydrogen-bond donors (Lipinski definition) is 3. The summed E-state index contributed by atoms with van der Waals surface area (Å²) in [6.45, 7) is 13.6. The van der Waals surface area contributed by atoms with Gasteiger partial charge in [-0.1, -0.05) is 29.8 Å². The van der Waals surface area contributed by atoms with E-state index in [0.717, 1.165) is 11.1 Å². The van der Waals surface area contributed by atoms with Gasteiger partial charge in [-0.15, -0.1) is 6.58 Å². The van der Waals surface area contributed by atoms with E-state index in [1.807, 2.05) is 26.0 Å². The van der Waals surface area contributed by atoms with Gasteiger partial charge in [0.05, 0.1) is 19.6 Å². The van der Waals surface area contributed by atoms with E-state index in [2.05, 4.69) is 17.2 Å². The molecule has 0 aliphatic heterocycles. The van der Waals surface area contributed by atoms with Crippen molar-refractivity contribution in [2.24, 2.45) is 0 Å². The Kier molecular flexibility index (Phi) is 12.1. The van der Waals surface area contributed by atoms with Crippen molar-refractivity contribution in [3.05, 3.63) is 47.5 Å². The van der Waals surface area contributed by atoms with Crippen LogP contribution in [0.4, 0.5) is 4.79 Å². The van der Waals surface area contributed by atoms with Crippen molar-refractivity contribution < 1.29 is 33.8 Å². The first-order chi connectivity index (χ1) is 16.8. The molecule has 1 rings (SSSR count). The number of ether oxygens (including phenoxy) is 2. The Bertz CT molecular complexity index is 940. The van der Waals surface area contributed by atoms with E-state index < -0.39 is 48.2 Å². The Morgan fingerprint density at radius 3 is 2.39 bits per heavy atom. The standard InChI is InChI=1S/C26H39N3O7/c1-8-14-29(24(33)20(16-30)28-25(34)36-26(5,6)7)22(19-11-10-17(3)15-18(19)4)23(32)27-13-12-21(31)35-9-2/h8,10-11,15,20,22,30H,1,9,12-14,16H2,2-7H3,(H,27,32)(H,28,34). The summed E-state index contributed by atoms with van der Waals surface area (Å²) in [4.78, 5) is 52.1. The van der Waals surface area contributed by atoms with Gasteiger partial charge < -0.3 is 30.1 Å². The fourth-order valence-corrected chi connectivity index (χ4v) is 3.50. The number of aryl methyl sites for hydroxylation is 2. The first-order valence-corrected chi connectivity index (χ1v) is 11.9. The number of hydrogen-bond acceptors (Lipinski definition) is 7. The number of aliphatic hydroxyl groups excluding tert-OH is 1. The van der Waals surface area contributed by atoms with Crippen LogP contribution in [0.3, 0.4) is 0 Å². The molecule has 10 heteroatoms. The zero-order chi connectivity index (χ0) is 27.5. The third-order valence-electron chi connectivity index (χ3n) is 4.99. The number of benzene rings is 1. The summed E-state index contributed by atoms with van der Waals surface area (Å²) < 4.78 is 10.1. The molecule has 0 aromatic heterocycles. The first kappa shape index (κ1) is 30.6. The van der Waals surface area contributed by atoms with Crippen LogP contribution in [0.15, 0.2) is 30.9 Å². The van der Waals surface area contributed by atoms with Crippen LogP contribution in [0, 0.1) is 13.8 Å². The topological polar surface area (TPSA) is 134 Å². The van der Waals surface area contributed by atoms with Crippen LogP contribution in [-0.4, -0.2) is 71.8 Å². The van der Waals surface area contributed by atoms with E-state index in [1.54, 1.807) is 33.8 Å². The smallest absolute Gasteiger partial charge is 0.408 e. The molecule has 0 bridgehead atoms. The molecule has 0 saturated heterocycles. The molecule has 0 heterocycles. The molecule has 1 aromatic carbocycles. The molecule has 0 fully saturated rings. The third kappa shape index (κ3) is 9.69. The molecular formula is C26H39N3O7. The summed E-state index contributed by atoms with van der Waals surface area (Å²) in [5.74, 6) is -1.69. The van der Waals surface area contributed by atoms with Crippen molar-refractivity contribution in [2.45, 2.75) is 65.6 Å². The van der Waals surface area contributed by atoms with Crippen molar-refractivity contribution in [3.8, 4) is 0 Å². The van der Waals surface area contributed by atoms with E-state index in [-0.39, 0.29) is 26.1 Å². The summed E-state index contributed by atoms with van der Waals surface area (Å²) >= 11 is 0. The van der Waals surface area contributed by atoms with Gasteiger partial charge in [0.25, 0.3) is 0 Å². The van der Waals surface area contributed by atoms with Crippen LogP contribution in [-0.2, 0) is 23.9 Å². The molecule has 1 aromatic rings. The Morgan fingerprint density at radius 1 is 1.19 bits per heavy atom. The number of aliphatic hydroxyl groups is 1. The van der Waals surface area contributed by atoms with Crippen LogP contribution < -0.4 is 10.6 Å². The minimum Gasteiger partial charge on any atom is -0.466 e. The number of nitrogens with zero attached hydrogens (tertiary/aromatic N) is 1.